The lowest BCUT2D eigenvalue weighted by atomic mass is 10.3. The van der Waals surface area contributed by atoms with E-state index in [2.05, 4.69) is 0 Å². The first-order valence-electron chi connectivity index (χ1n) is 25.8. The first-order valence-corrected chi connectivity index (χ1v) is 25.8. The van der Waals surface area contributed by atoms with Crippen molar-refractivity contribution in [3.05, 3.63) is 60.7 Å². The van der Waals surface area contributed by atoms with E-state index in [0.29, 0.717) is 264 Å². The van der Waals surface area contributed by atoms with Gasteiger partial charge in [0.25, 0.3) is 0 Å². The predicted molar refractivity (Wildman–Crippen MR) is 269 cm³/mol. The van der Waals surface area contributed by atoms with Crippen molar-refractivity contribution in [1.82, 2.24) is 0 Å². The quantitative estimate of drug-likeness (QED) is 0.0874. The summed E-state index contributed by atoms with van der Waals surface area (Å²) in [6, 6.07) is 19.3. The Morgan fingerprint density at radius 1 is 0.137 bits per heavy atom. The van der Waals surface area contributed by atoms with Crippen LogP contribution in [0.3, 0.4) is 0 Å². The molecule has 0 fully saturated rings. The fourth-order valence-corrected chi connectivity index (χ4v) is 5.53. The number of benzene rings is 2. The van der Waals surface area contributed by atoms with E-state index in [1.54, 1.807) is 0 Å². The minimum absolute atomic E-state index is 0.490. The summed E-state index contributed by atoms with van der Waals surface area (Å²) < 4.78 is 116. The van der Waals surface area contributed by atoms with Crippen molar-refractivity contribution in [2.75, 3.05) is 264 Å². The van der Waals surface area contributed by atoms with Crippen molar-refractivity contribution in [2.24, 2.45) is 0 Å². The topological polar surface area (TPSA) is 194 Å². The number of ether oxygens (including phenoxy) is 21. The third-order valence-electron chi connectivity index (χ3n) is 9.18. The summed E-state index contributed by atoms with van der Waals surface area (Å²) in [5.74, 6) is 1.68. The molecule has 21 heteroatoms. The van der Waals surface area contributed by atoms with Gasteiger partial charge in [-0.3, -0.25) is 0 Å². The largest absolute Gasteiger partial charge is 0.491 e. The summed E-state index contributed by atoms with van der Waals surface area (Å²) in [5.41, 5.74) is 0. The van der Waals surface area contributed by atoms with Gasteiger partial charge in [-0.05, 0) is 24.3 Å². The summed E-state index contributed by atoms with van der Waals surface area (Å²) >= 11 is 0. The minimum atomic E-state index is 0.490. The molecule has 21 nitrogen and oxygen atoms in total. The molecule has 73 heavy (non-hydrogen) atoms. The molecule has 0 heterocycles. The summed E-state index contributed by atoms with van der Waals surface area (Å²) in [4.78, 5) is 0. The Labute approximate surface area is 434 Å². The van der Waals surface area contributed by atoms with Gasteiger partial charge in [0, 0.05) is 0 Å². The van der Waals surface area contributed by atoms with Crippen LogP contribution in [0.15, 0.2) is 60.7 Å². The highest BCUT2D eigenvalue weighted by atomic mass is 16.6. The monoisotopic (exact) mass is 1050 g/mol. The number of hydrogen-bond acceptors (Lipinski definition) is 21. The van der Waals surface area contributed by atoms with Crippen LogP contribution in [0.25, 0.3) is 0 Å². The number of rotatable bonds is 62. The maximum Gasteiger partial charge on any atom is 0.119 e. The van der Waals surface area contributed by atoms with Crippen LogP contribution in [0, 0.1) is 0 Å². The van der Waals surface area contributed by atoms with Crippen molar-refractivity contribution in [3.63, 3.8) is 0 Å². The zero-order chi connectivity index (χ0) is 51.4. The molecule has 0 unspecified atom stereocenters. The molecule has 0 spiro atoms. The van der Waals surface area contributed by atoms with Crippen molar-refractivity contribution < 1.29 is 99.5 Å². The van der Waals surface area contributed by atoms with Crippen LogP contribution >= 0.6 is 0 Å². The molecular weight excluding hydrogens is 961 g/mol. The zero-order valence-electron chi connectivity index (χ0n) is 43.6. The van der Waals surface area contributed by atoms with Crippen molar-refractivity contribution in [3.8, 4) is 11.5 Å². The van der Waals surface area contributed by atoms with E-state index in [1.165, 1.54) is 0 Å². The average molecular weight is 1050 g/mol. The van der Waals surface area contributed by atoms with Gasteiger partial charge in [0.05, 0.1) is 251 Å². The zero-order valence-corrected chi connectivity index (χ0v) is 43.6. The Hall–Kier alpha value is -2.72. The predicted octanol–water partition coefficient (Wildman–Crippen LogP) is 3.46. The van der Waals surface area contributed by atoms with Crippen LogP contribution in [0.2, 0.25) is 0 Å². The summed E-state index contributed by atoms with van der Waals surface area (Å²) in [7, 11) is 0. The first kappa shape index (κ1) is 66.4. The van der Waals surface area contributed by atoms with Gasteiger partial charge in [-0.25, -0.2) is 0 Å². The molecule has 0 bridgehead atoms. The SMILES string of the molecule is c1ccc(OCCOCCOCCOCCOCCOCCOCCOCCOCCOCCOCCOCCOCCOCCOCCOCCOCCOCCOCCOCCOc2ccccc2)cc1. The van der Waals surface area contributed by atoms with Crippen LogP contribution in [-0.2, 0) is 90.0 Å². The van der Waals surface area contributed by atoms with E-state index >= 15 is 0 Å². The lowest BCUT2D eigenvalue weighted by Crippen LogP contribution is -2.16. The highest BCUT2D eigenvalue weighted by molar-refractivity contribution is 5.21. The third-order valence-corrected chi connectivity index (χ3v) is 9.18. The Bertz CT molecular complexity index is 1210. The molecule has 0 aliphatic rings. The van der Waals surface area contributed by atoms with Crippen LogP contribution in [-0.4, -0.2) is 264 Å². The molecule has 0 aliphatic carbocycles. The molecule has 0 aliphatic heterocycles. The third kappa shape index (κ3) is 52.5. The lowest BCUT2D eigenvalue weighted by molar-refractivity contribution is -0.0313. The fourth-order valence-electron chi connectivity index (χ4n) is 5.53. The van der Waals surface area contributed by atoms with Gasteiger partial charge in [0.15, 0.2) is 0 Å². The van der Waals surface area contributed by atoms with E-state index in [0.717, 1.165) is 11.5 Å². The Balaban J connectivity index is 1.09. The smallest absolute Gasteiger partial charge is 0.119 e. The van der Waals surface area contributed by atoms with Crippen LogP contribution in [0.1, 0.15) is 0 Å². The second-order valence-electron chi connectivity index (χ2n) is 15.0. The highest BCUT2D eigenvalue weighted by Crippen LogP contribution is 2.08. The van der Waals surface area contributed by atoms with Gasteiger partial charge in [-0.1, -0.05) is 36.4 Å². The van der Waals surface area contributed by atoms with E-state index < -0.39 is 0 Å². The summed E-state index contributed by atoms with van der Waals surface area (Å²) in [6.07, 6.45) is 0. The van der Waals surface area contributed by atoms with Crippen LogP contribution < -0.4 is 9.47 Å². The maximum absolute atomic E-state index is 5.57. The molecule has 2 aromatic carbocycles. The van der Waals surface area contributed by atoms with Gasteiger partial charge in [0.2, 0.25) is 0 Å². The average Bonchev–Trinajstić information content (AvgIpc) is 3.42. The number of para-hydroxylation sites is 2. The van der Waals surface area contributed by atoms with E-state index in [-0.39, 0.29) is 0 Å². The van der Waals surface area contributed by atoms with Crippen LogP contribution in [0.4, 0.5) is 0 Å². The highest BCUT2D eigenvalue weighted by Gasteiger charge is 2.00. The van der Waals surface area contributed by atoms with E-state index in [4.69, 9.17) is 99.5 Å². The van der Waals surface area contributed by atoms with Gasteiger partial charge in [0.1, 0.15) is 24.7 Å². The normalized spacial score (nSPS) is 11.5. The molecule has 0 saturated heterocycles. The van der Waals surface area contributed by atoms with Crippen LogP contribution in [0.5, 0.6) is 11.5 Å². The molecule has 0 amide bonds. The molecule has 424 valence electrons. The molecule has 0 N–H and O–H groups in total. The van der Waals surface area contributed by atoms with Gasteiger partial charge in [-0.15, -0.1) is 0 Å². The lowest BCUT2D eigenvalue weighted by Gasteiger charge is -2.09. The molecule has 0 aromatic heterocycles. The fraction of sp³-hybridized carbons (Fsp3) is 0.769. The number of hydrogen-bond donors (Lipinski definition) is 0. The van der Waals surface area contributed by atoms with Crippen molar-refractivity contribution >= 4 is 0 Å². The summed E-state index contributed by atoms with van der Waals surface area (Å²) in [6.45, 7) is 20.0. The Kier molecular flexibility index (Phi) is 53.2. The second-order valence-corrected chi connectivity index (χ2v) is 15.0. The molecule has 0 saturated carbocycles. The van der Waals surface area contributed by atoms with Gasteiger partial charge in [-0.2, -0.15) is 0 Å². The van der Waals surface area contributed by atoms with Crippen molar-refractivity contribution in [2.45, 2.75) is 0 Å². The Morgan fingerprint density at radius 3 is 0.370 bits per heavy atom. The standard InChI is InChI=1S/C52H90O21/c1-3-7-51(8-4-1)72-49-47-70-45-43-68-41-39-66-37-35-64-33-31-62-29-27-60-25-23-58-21-19-56-17-15-54-13-11-53-12-14-55-16-18-57-20-22-59-24-26-61-28-30-63-32-34-65-36-38-67-40-42-69-44-46-71-48-50-73-52-9-5-2-6-10-52/h1-10H,11-50H2. The maximum atomic E-state index is 5.57. The molecule has 2 rings (SSSR count). The van der Waals surface area contributed by atoms with Crippen molar-refractivity contribution in [1.29, 1.82) is 0 Å². The molecule has 0 atom stereocenters. The second kappa shape index (κ2) is 58.5. The minimum Gasteiger partial charge on any atom is -0.491 e. The van der Waals surface area contributed by atoms with E-state index in [1.807, 2.05) is 60.7 Å². The Morgan fingerprint density at radius 2 is 0.247 bits per heavy atom. The summed E-state index contributed by atoms with van der Waals surface area (Å²) in [5, 5.41) is 0. The molecular formula is C52H90O21. The first-order chi connectivity index (χ1) is 36.4. The van der Waals surface area contributed by atoms with E-state index in [9.17, 15) is 0 Å². The van der Waals surface area contributed by atoms with Gasteiger partial charge >= 0.3 is 0 Å². The molecule has 2 aromatic rings. The van der Waals surface area contributed by atoms with Gasteiger partial charge < -0.3 is 99.5 Å². The molecule has 0 radical (unpaired) electrons.